The van der Waals surface area contributed by atoms with Crippen LogP contribution in [-0.4, -0.2) is 5.78 Å². The van der Waals surface area contributed by atoms with Crippen molar-refractivity contribution in [3.63, 3.8) is 0 Å². The van der Waals surface area contributed by atoms with Crippen LogP contribution in [0.15, 0.2) is 24.3 Å². The van der Waals surface area contributed by atoms with Gasteiger partial charge in [-0.05, 0) is 30.7 Å². The number of Topliss-reactive ketones (excluding diaryl/α,β-unsaturated/α-hetero) is 1. The van der Waals surface area contributed by atoms with E-state index in [4.69, 9.17) is 0 Å². The van der Waals surface area contributed by atoms with Crippen LogP contribution in [0.5, 0.6) is 0 Å². The smallest absolute Gasteiger partial charge is 0.145 e. The lowest BCUT2D eigenvalue weighted by molar-refractivity contribution is -0.136. The van der Waals surface area contributed by atoms with Gasteiger partial charge in [0.15, 0.2) is 0 Å². The van der Waals surface area contributed by atoms with E-state index < -0.39 is 0 Å². The highest BCUT2D eigenvalue weighted by atomic mass is 16.1. The van der Waals surface area contributed by atoms with Gasteiger partial charge in [0.2, 0.25) is 0 Å². The molecule has 2 bridgehead atoms. The van der Waals surface area contributed by atoms with Crippen molar-refractivity contribution in [3.05, 3.63) is 35.4 Å². The van der Waals surface area contributed by atoms with E-state index in [-0.39, 0.29) is 21.7 Å². The summed E-state index contributed by atoms with van der Waals surface area (Å²) >= 11 is 0. The van der Waals surface area contributed by atoms with Crippen LogP contribution in [0.1, 0.15) is 58.6 Å². The molecule has 0 spiro atoms. The summed E-state index contributed by atoms with van der Waals surface area (Å²) in [5.41, 5.74) is 2.16. The summed E-state index contributed by atoms with van der Waals surface area (Å²) in [4.78, 5) is 13.1. The molecule has 0 N–H and O–H groups in total. The highest BCUT2D eigenvalue weighted by molar-refractivity contribution is 5.97. The fourth-order valence-electron chi connectivity index (χ4n) is 5.61. The standard InChI is InChI=1S/C19H26O/c1-13-7-9-14(10-8-13)19-12-11-18(6,17(19,4)5)15(20)16(19,2)3/h7-10H,11-12H2,1-6H3. The number of hydrogen-bond acceptors (Lipinski definition) is 1. The molecule has 20 heavy (non-hydrogen) atoms. The van der Waals surface area contributed by atoms with Crippen LogP contribution < -0.4 is 0 Å². The lowest BCUT2D eigenvalue weighted by Crippen LogP contribution is -2.46. The maximum absolute atomic E-state index is 13.1. The van der Waals surface area contributed by atoms with Gasteiger partial charge in [0, 0.05) is 16.2 Å². The summed E-state index contributed by atoms with van der Waals surface area (Å²) in [6.07, 6.45) is 2.15. The Morgan fingerprint density at radius 1 is 0.900 bits per heavy atom. The van der Waals surface area contributed by atoms with Crippen molar-refractivity contribution < 1.29 is 4.79 Å². The Morgan fingerprint density at radius 3 is 1.90 bits per heavy atom. The Labute approximate surface area is 122 Å². The number of carbonyl (C=O) groups excluding carboxylic acids is 1. The fraction of sp³-hybridized carbons (Fsp3) is 0.632. The van der Waals surface area contributed by atoms with E-state index in [9.17, 15) is 4.79 Å². The molecule has 108 valence electrons. The topological polar surface area (TPSA) is 17.1 Å². The first-order valence-electron chi connectivity index (χ1n) is 7.73. The van der Waals surface area contributed by atoms with Gasteiger partial charge < -0.3 is 0 Å². The van der Waals surface area contributed by atoms with Gasteiger partial charge in [0.1, 0.15) is 5.78 Å². The molecule has 0 aliphatic heterocycles. The molecule has 2 unspecified atom stereocenters. The average molecular weight is 270 g/mol. The normalized spacial score (nSPS) is 37.4. The molecule has 1 aromatic carbocycles. The summed E-state index contributed by atoms with van der Waals surface area (Å²) in [6, 6.07) is 8.88. The van der Waals surface area contributed by atoms with Gasteiger partial charge in [-0.1, -0.05) is 64.4 Å². The molecule has 0 aromatic heterocycles. The molecule has 2 atom stereocenters. The highest BCUT2D eigenvalue weighted by Gasteiger charge is 2.77. The number of rotatable bonds is 1. The van der Waals surface area contributed by atoms with Crippen LogP contribution in [-0.2, 0) is 10.2 Å². The van der Waals surface area contributed by atoms with Crippen molar-refractivity contribution in [2.45, 2.75) is 59.8 Å². The Balaban J connectivity index is 2.30. The molecule has 1 aromatic rings. The molecular formula is C19H26O. The molecule has 0 saturated heterocycles. The largest absolute Gasteiger partial charge is 0.298 e. The van der Waals surface area contributed by atoms with E-state index >= 15 is 0 Å². The van der Waals surface area contributed by atoms with Gasteiger partial charge in [-0.25, -0.2) is 0 Å². The molecule has 1 nitrogen and oxygen atoms in total. The van der Waals surface area contributed by atoms with E-state index in [0.29, 0.717) is 5.78 Å². The highest BCUT2D eigenvalue weighted by Crippen LogP contribution is 2.76. The van der Waals surface area contributed by atoms with Gasteiger partial charge in [0.05, 0.1) is 0 Å². The molecule has 2 fully saturated rings. The third-order valence-electron chi connectivity index (χ3n) is 7.13. The molecule has 0 heterocycles. The third-order valence-corrected chi connectivity index (χ3v) is 7.13. The summed E-state index contributed by atoms with van der Waals surface area (Å²) in [5.74, 6) is 0.460. The predicted octanol–water partition coefficient (Wildman–Crippen LogP) is 4.67. The molecular weight excluding hydrogens is 244 g/mol. The van der Waals surface area contributed by atoms with Crippen molar-refractivity contribution in [3.8, 4) is 0 Å². The second kappa shape index (κ2) is 3.55. The zero-order valence-electron chi connectivity index (χ0n) is 13.6. The number of benzene rings is 1. The predicted molar refractivity (Wildman–Crippen MR) is 82.8 cm³/mol. The van der Waals surface area contributed by atoms with Gasteiger partial charge in [-0.2, -0.15) is 0 Å². The minimum Gasteiger partial charge on any atom is -0.298 e. The summed E-state index contributed by atoms with van der Waals surface area (Å²) in [5, 5.41) is 0. The second-order valence-corrected chi connectivity index (χ2v) is 8.18. The number of fused-ring (bicyclic) bond motifs is 2. The summed E-state index contributed by atoms with van der Waals surface area (Å²) in [6.45, 7) is 13.3. The molecule has 2 aliphatic rings. The number of ketones is 1. The molecule has 2 aliphatic carbocycles. The van der Waals surface area contributed by atoms with Crippen LogP contribution in [0.3, 0.4) is 0 Å². The van der Waals surface area contributed by atoms with Crippen LogP contribution in [0.25, 0.3) is 0 Å². The first kappa shape index (κ1) is 13.9. The quantitative estimate of drug-likeness (QED) is 0.725. The van der Waals surface area contributed by atoms with Gasteiger partial charge in [-0.15, -0.1) is 0 Å². The van der Waals surface area contributed by atoms with Crippen LogP contribution in [0, 0.1) is 23.2 Å². The van der Waals surface area contributed by atoms with Gasteiger partial charge >= 0.3 is 0 Å². The van der Waals surface area contributed by atoms with E-state index in [2.05, 4.69) is 65.8 Å². The molecule has 0 amide bonds. The number of carbonyl (C=O) groups is 1. The van der Waals surface area contributed by atoms with E-state index in [0.717, 1.165) is 12.8 Å². The summed E-state index contributed by atoms with van der Waals surface area (Å²) < 4.78 is 0. The first-order valence-corrected chi connectivity index (χ1v) is 7.73. The lowest BCUT2D eigenvalue weighted by Gasteiger charge is -2.47. The Bertz CT molecular complexity index is 578. The molecule has 1 heteroatoms. The van der Waals surface area contributed by atoms with E-state index in [1.807, 2.05) is 0 Å². The van der Waals surface area contributed by atoms with Crippen molar-refractivity contribution in [1.29, 1.82) is 0 Å². The van der Waals surface area contributed by atoms with Gasteiger partial charge in [-0.3, -0.25) is 4.79 Å². The molecule has 3 rings (SSSR count). The van der Waals surface area contributed by atoms with Crippen LogP contribution in [0.4, 0.5) is 0 Å². The van der Waals surface area contributed by atoms with Crippen molar-refractivity contribution in [2.75, 3.05) is 0 Å². The van der Waals surface area contributed by atoms with E-state index in [1.54, 1.807) is 0 Å². The average Bonchev–Trinajstić information content (AvgIpc) is 2.63. The van der Waals surface area contributed by atoms with E-state index in [1.165, 1.54) is 11.1 Å². The van der Waals surface area contributed by atoms with Crippen molar-refractivity contribution >= 4 is 5.78 Å². The van der Waals surface area contributed by atoms with Crippen LogP contribution in [0.2, 0.25) is 0 Å². The van der Waals surface area contributed by atoms with Crippen LogP contribution >= 0.6 is 0 Å². The molecule has 0 radical (unpaired) electrons. The zero-order valence-corrected chi connectivity index (χ0v) is 13.6. The first-order chi connectivity index (χ1) is 9.11. The monoisotopic (exact) mass is 270 g/mol. The van der Waals surface area contributed by atoms with Gasteiger partial charge in [0.25, 0.3) is 0 Å². The maximum atomic E-state index is 13.1. The Hall–Kier alpha value is -1.11. The zero-order chi connectivity index (χ0) is 15.0. The van der Waals surface area contributed by atoms with Crippen molar-refractivity contribution in [2.24, 2.45) is 16.2 Å². The second-order valence-electron chi connectivity index (χ2n) is 8.18. The summed E-state index contributed by atoms with van der Waals surface area (Å²) in [7, 11) is 0. The minimum absolute atomic E-state index is 0.00976. The minimum atomic E-state index is -0.279. The fourth-order valence-corrected chi connectivity index (χ4v) is 5.61. The third kappa shape index (κ3) is 1.15. The maximum Gasteiger partial charge on any atom is 0.145 e. The number of aryl methyl sites for hydroxylation is 1. The Kier molecular flexibility index (Phi) is 2.46. The Morgan fingerprint density at radius 2 is 1.45 bits per heavy atom. The van der Waals surface area contributed by atoms with Crippen molar-refractivity contribution in [1.82, 2.24) is 0 Å². The number of hydrogen-bond donors (Lipinski definition) is 0. The lowest BCUT2D eigenvalue weighted by atomic mass is 9.55. The SMILES string of the molecule is Cc1ccc(C23CCC(C)(C(=O)C2(C)C)C3(C)C)cc1. The molecule has 2 saturated carbocycles.